The fourth-order valence-corrected chi connectivity index (χ4v) is 9.06. The van der Waals surface area contributed by atoms with Gasteiger partial charge in [-0.05, 0) is 87.4 Å². The number of hydrogen-bond acceptors (Lipinski definition) is 7. The van der Waals surface area contributed by atoms with E-state index in [1.165, 1.54) is 76.8 Å². The molecule has 2 aromatic heterocycles. The fraction of sp³-hybridized carbons (Fsp3) is 0.553. The molecule has 0 aromatic carbocycles. The Morgan fingerprint density at radius 2 is 1.46 bits per heavy atom. The van der Waals surface area contributed by atoms with Crippen molar-refractivity contribution in [2.45, 2.75) is 150 Å². The van der Waals surface area contributed by atoms with Gasteiger partial charge >= 0.3 is 5.97 Å². The van der Waals surface area contributed by atoms with Crippen LogP contribution in [0.15, 0.2) is 18.2 Å². The second kappa shape index (κ2) is 18.3. The quantitative estimate of drug-likeness (QED) is 0.0929. The molecule has 0 radical (unpaired) electrons. The molecule has 10 heteroatoms. The Morgan fingerprint density at radius 3 is 2.12 bits per heavy atom. The number of nitrogens with one attached hydrogen (secondary N) is 2. The third-order valence-corrected chi connectivity index (χ3v) is 12.6. The van der Waals surface area contributed by atoms with Crippen LogP contribution >= 0.6 is 0 Å². The van der Waals surface area contributed by atoms with Crippen molar-refractivity contribution in [1.82, 2.24) is 24.8 Å². The summed E-state index contributed by atoms with van der Waals surface area (Å²) in [6.07, 6.45) is 14.0. The van der Waals surface area contributed by atoms with Crippen molar-refractivity contribution in [2.24, 2.45) is 0 Å². The molecule has 4 aliphatic rings. The first-order valence-electron chi connectivity index (χ1n) is 21.4. The smallest absolute Gasteiger partial charge is 0.305 e. The Bertz CT molecular complexity index is 2150. The molecule has 0 fully saturated rings. The maximum Gasteiger partial charge on any atom is 0.305 e. The van der Waals surface area contributed by atoms with E-state index in [-0.39, 0.29) is 36.2 Å². The van der Waals surface area contributed by atoms with Gasteiger partial charge in [0.25, 0.3) is 11.8 Å². The molecule has 4 aliphatic heterocycles. The molecule has 0 saturated heterocycles. The molecule has 2 aromatic rings. The maximum absolute atomic E-state index is 14.2. The molecule has 6 heterocycles. The third kappa shape index (κ3) is 8.52. The van der Waals surface area contributed by atoms with Crippen molar-refractivity contribution < 1.29 is 23.9 Å². The van der Waals surface area contributed by atoms with Gasteiger partial charge < -0.3 is 19.4 Å². The van der Waals surface area contributed by atoms with Gasteiger partial charge in [0.15, 0.2) is 0 Å². The van der Waals surface area contributed by atoms with Gasteiger partial charge in [-0.1, -0.05) is 78.6 Å². The summed E-state index contributed by atoms with van der Waals surface area (Å²) in [5.74, 6) is -1.39. The van der Waals surface area contributed by atoms with Crippen LogP contribution in [0.3, 0.4) is 0 Å². The van der Waals surface area contributed by atoms with Crippen LogP contribution in [0, 0.1) is 6.92 Å². The number of fused-ring (bicyclic) bond motifs is 8. The first-order chi connectivity index (χ1) is 27.4. The molecular weight excluding hydrogens is 715 g/mol. The predicted octanol–water partition coefficient (Wildman–Crippen LogP) is 11.0. The van der Waals surface area contributed by atoms with Crippen LogP contribution < -0.4 is 0 Å². The SMILES string of the molecule is CCCCCCCCCCCCOC(C)C1=C(C)c2cc3[nH]c(c4c5[nH]c(cc6nc(cc1n2)C(C)=C6CC)c(C)c5C(=O)N(C)C4=O)[C@@H](CCC(=O)OC)[C@@H]3C. The van der Waals surface area contributed by atoms with Crippen molar-refractivity contribution >= 4 is 51.1 Å². The lowest BCUT2D eigenvalue weighted by Gasteiger charge is -2.24. The summed E-state index contributed by atoms with van der Waals surface area (Å²) in [6.45, 7) is 15.4. The summed E-state index contributed by atoms with van der Waals surface area (Å²) in [5, 5.41) is 0. The monoisotopic (exact) mass is 777 g/mol. The Balaban J connectivity index is 1.45. The third-order valence-electron chi connectivity index (χ3n) is 12.6. The molecule has 1 unspecified atom stereocenters. The summed E-state index contributed by atoms with van der Waals surface area (Å²) in [6, 6.07) is 6.18. The molecule has 6 rings (SSSR count). The van der Waals surface area contributed by atoms with Gasteiger partial charge in [0, 0.05) is 54.4 Å². The number of allylic oxidation sites excluding steroid dienone is 3. The number of carbonyl (C=O) groups is 3. The van der Waals surface area contributed by atoms with Gasteiger partial charge in [-0.25, -0.2) is 9.97 Å². The van der Waals surface area contributed by atoms with Crippen molar-refractivity contribution in [3.63, 3.8) is 0 Å². The van der Waals surface area contributed by atoms with Crippen LogP contribution in [0.2, 0.25) is 0 Å². The summed E-state index contributed by atoms with van der Waals surface area (Å²) in [7, 11) is 2.92. The fourth-order valence-electron chi connectivity index (χ4n) is 9.06. The van der Waals surface area contributed by atoms with E-state index >= 15 is 0 Å². The van der Waals surface area contributed by atoms with E-state index in [0.29, 0.717) is 35.4 Å². The summed E-state index contributed by atoms with van der Waals surface area (Å²) >= 11 is 0. The first-order valence-corrected chi connectivity index (χ1v) is 21.4. The summed E-state index contributed by atoms with van der Waals surface area (Å²) in [5.41, 5.74) is 12.0. The zero-order valence-electron chi connectivity index (χ0n) is 35.7. The second-order valence-electron chi connectivity index (χ2n) is 16.4. The summed E-state index contributed by atoms with van der Waals surface area (Å²) < 4.78 is 11.6. The average Bonchev–Trinajstić information content (AvgIpc) is 3.88. The number of imide groups is 1. The summed E-state index contributed by atoms with van der Waals surface area (Å²) in [4.78, 5) is 59.2. The molecule has 57 heavy (non-hydrogen) atoms. The van der Waals surface area contributed by atoms with Gasteiger partial charge in [0.05, 0.1) is 52.6 Å². The number of aromatic amines is 2. The van der Waals surface area contributed by atoms with Crippen molar-refractivity contribution in [2.75, 3.05) is 20.8 Å². The Morgan fingerprint density at radius 1 is 0.825 bits per heavy atom. The van der Waals surface area contributed by atoms with E-state index in [4.69, 9.17) is 19.4 Å². The van der Waals surface area contributed by atoms with Crippen LogP contribution in [0.4, 0.5) is 0 Å². The lowest BCUT2D eigenvalue weighted by molar-refractivity contribution is -0.140. The Labute approximate surface area is 338 Å². The normalized spacial score (nSPS) is 17.8. The molecule has 3 atom stereocenters. The largest absolute Gasteiger partial charge is 0.469 e. The topological polar surface area (TPSA) is 130 Å². The van der Waals surface area contributed by atoms with Gasteiger partial charge in [0.2, 0.25) is 0 Å². The van der Waals surface area contributed by atoms with Crippen molar-refractivity contribution in [3.05, 3.63) is 69.1 Å². The molecule has 306 valence electrons. The predicted molar refractivity (Wildman–Crippen MR) is 228 cm³/mol. The minimum atomic E-state index is -0.394. The molecule has 2 amide bonds. The number of nitrogens with zero attached hydrogens (tertiary/aromatic N) is 3. The molecular formula is C47H63N5O5. The zero-order valence-corrected chi connectivity index (χ0v) is 35.7. The number of hydrogen-bond donors (Lipinski definition) is 2. The van der Waals surface area contributed by atoms with E-state index < -0.39 is 5.91 Å². The number of esters is 1. The molecule has 0 spiro atoms. The molecule has 0 saturated carbocycles. The van der Waals surface area contributed by atoms with E-state index in [0.717, 1.165) is 74.7 Å². The highest BCUT2D eigenvalue weighted by Gasteiger charge is 2.39. The molecule has 0 aliphatic carbocycles. The van der Waals surface area contributed by atoms with Crippen LogP contribution in [0.5, 0.6) is 0 Å². The maximum atomic E-state index is 14.2. The van der Waals surface area contributed by atoms with Crippen LogP contribution in [-0.4, -0.2) is 69.5 Å². The van der Waals surface area contributed by atoms with Crippen LogP contribution in [0.25, 0.3) is 33.3 Å². The highest BCUT2D eigenvalue weighted by atomic mass is 16.5. The standard InChI is InChI=1S/C47H63N5O5/c1-10-12-13-14-15-16-17-18-19-20-23-57-31(7)41-29(5)36-24-35-28(4)33(21-22-40(53)56-9)44(50-35)43-45-42(46(54)52(8)47(43)55)30(6)37(51-45)25-38-32(11-2)27(3)34(48-38)26-39(41)49-36/h24-26,28,31,33,50-51H,10-23H2,1-9H3/t28-,31?,33-/m0/s1. The van der Waals surface area contributed by atoms with Gasteiger partial charge in [-0.3, -0.25) is 19.3 Å². The van der Waals surface area contributed by atoms with Crippen molar-refractivity contribution in [1.29, 1.82) is 0 Å². The van der Waals surface area contributed by atoms with Crippen LogP contribution in [0.1, 0.15) is 197 Å². The number of rotatable bonds is 17. The van der Waals surface area contributed by atoms with Gasteiger partial charge in [-0.15, -0.1) is 0 Å². The Kier molecular flexibility index (Phi) is 13.5. The first kappa shape index (κ1) is 42.0. The zero-order chi connectivity index (χ0) is 41.0. The highest BCUT2D eigenvalue weighted by molar-refractivity contribution is 6.23. The minimum absolute atomic E-state index is 0.0978. The number of amides is 2. The van der Waals surface area contributed by atoms with Gasteiger partial charge in [0.1, 0.15) is 0 Å². The Hall–Kier alpha value is -4.57. The number of aryl methyl sites for hydroxylation is 1. The van der Waals surface area contributed by atoms with E-state index in [1.54, 1.807) is 0 Å². The lowest BCUT2D eigenvalue weighted by Crippen LogP contribution is -2.37. The molecule has 10 nitrogen and oxygen atoms in total. The van der Waals surface area contributed by atoms with E-state index in [1.807, 2.05) is 13.0 Å². The van der Waals surface area contributed by atoms with E-state index in [9.17, 15) is 14.4 Å². The second-order valence-corrected chi connectivity index (χ2v) is 16.4. The molecule has 8 bridgehead atoms. The highest BCUT2D eigenvalue weighted by Crippen LogP contribution is 2.45. The molecule has 2 N–H and O–H groups in total. The minimum Gasteiger partial charge on any atom is -0.469 e. The average molecular weight is 778 g/mol. The lowest BCUT2D eigenvalue weighted by atomic mass is 9.84. The van der Waals surface area contributed by atoms with Gasteiger partial charge in [-0.2, -0.15) is 0 Å². The number of methoxy groups -OCH3 is 1. The number of carbonyl (C=O) groups excluding carboxylic acids is 3. The van der Waals surface area contributed by atoms with Crippen LogP contribution in [-0.2, 0) is 14.3 Å². The van der Waals surface area contributed by atoms with E-state index in [2.05, 4.69) is 63.6 Å². The number of H-pyrrole nitrogens is 2. The number of unbranched alkanes of at least 4 members (excludes halogenated alkanes) is 9. The number of ether oxygens (including phenoxy) is 2. The number of aromatic nitrogens is 4. The van der Waals surface area contributed by atoms with Crippen molar-refractivity contribution in [3.8, 4) is 0 Å².